The molecule has 0 saturated carbocycles. The van der Waals surface area contributed by atoms with Crippen molar-refractivity contribution < 1.29 is 24.2 Å². The van der Waals surface area contributed by atoms with E-state index < -0.39 is 18.1 Å². The summed E-state index contributed by atoms with van der Waals surface area (Å²) in [6, 6.07) is 21.7. The van der Waals surface area contributed by atoms with Gasteiger partial charge in [0.25, 0.3) is 0 Å². The second-order valence-electron chi connectivity index (χ2n) is 8.15. The number of carboxylic acid groups (broad SMARTS) is 1. The fourth-order valence-corrected chi connectivity index (χ4v) is 4.21. The van der Waals surface area contributed by atoms with Crippen LogP contribution in [0.5, 0.6) is 0 Å². The van der Waals surface area contributed by atoms with Crippen LogP contribution in [0.3, 0.4) is 0 Å². The van der Waals surface area contributed by atoms with Crippen molar-refractivity contribution in [1.29, 1.82) is 0 Å². The first kappa shape index (κ1) is 23.0. The summed E-state index contributed by atoms with van der Waals surface area (Å²) in [4.78, 5) is 36.0. The van der Waals surface area contributed by atoms with E-state index in [4.69, 9.17) is 9.84 Å². The number of carboxylic acids is 1. The third-order valence-corrected chi connectivity index (χ3v) is 6.03. The molecule has 34 heavy (non-hydrogen) atoms. The first-order chi connectivity index (χ1) is 16.5. The summed E-state index contributed by atoms with van der Waals surface area (Å²) in [6.07, 6.45) is -0.247. The lowest BCUT2D eigenvalue weighted by Crippen LogP contribution is -2.46. The average Bonchev–Trinajstić information content (AvgIpc) is 3.18. The van der Waals surface area contributed by atoms with E-state index in [1.165, 1.54) is 12.1 Å². The van der Waals surface area contributed by atoms with Crippen LogP contribution in [-0.4, -0.2) is 35.7 Å². The lowest BCUT2D eigenvalue weighted by atomic mass is 9.98. The Hall–Kier alpha value is -4.13. The predicted molar refractivity (Wildman–Crippen MR) is 128 cm³/mol. The number of rotatable bonds is 8. The number of fused-ring (bicyclic) bond motifs is 3. The van der Waals surface area contributed by atoms with E-state index in [0.717, 1.165) is 27.8 Å². The first-order valence-electron chi connectivity index (χ1n) is 11.2. The summed E-state index contributed by atoms with van der Waals surface area (Å²) in [5.41, 5.74) is 5.47. The standard InChI is InChI=1S/C27H26N2O5/c1-2-24(25(30)28-15-17-11-13-18(14-12-17)26(31)32)29-27(33)34-16-23-21-9-5-3-7-19(21)20-8-4-6-10-22(20)23/h3-14,23-24H,2,15-16H2,1H3,(H,28,30)(H,29,33)(H,31,32)/t24-/m0/s1. The molecule has 0 unspecified atom stereocenters. The molecule has 4 rings (SSSR count). The fourth-order valence-electron chi connectivity index (χ4n) is 4.21. The summed E-state index contributed by atoms with van der Waals surface area (Å²) in [5, 5.41) is 14.4. The summed E-state index contributed by atoms with van der Waals surface area (Å²) in [5.74, 6) is -1.40. The molecule has 7 heteroatoms. The lowest BCUT2D eigenvalue weighted by Gasteiger charge is -2.19. The van der Waals surface area contributed by atoms with Crippen molar-refractivity contribution in [2.75, 3.05) is 6.61 Å². The summed E-state index contributed by atoms with van der Waals surface area (Å²) < 4.78 is 5.53. The van der Waals surface area contributed by atoms with Crippen LogP contribution in [0.25, 0.3) is 11.1 Å². The van der Waals surface area contributed by atoms with Gasteiger partial charge in [0.05, 0.1) is 5.56 Å². The van der Waals surface area contributed by atoms with Gasteiger partial charge in [-0.05, 0) is 46.4 Å². The third-order valence-electron chi connectivity index (χ3n) is 6.03. The van der Waals surface area contributed by atoms with Crippen LogP contribution in [0.1, 0.15) is 46.3 Å². The van der Waals surface area contributed by atoms with E-state index in [0.29, 0.717) is 6.42 Å². The fraction of sp³-hybridized carbons (Fsp3) is 0.222. The second-order valence-corrected chi connectivity index (χ2v) is 8.15. The topological polar surface area (TPSA) is 105 Å². The van der Waals surface area contributed by atoms with Gasteiger partial charge in [0, 0.05) is 12.5 Å². The Balaban J connectivity index is 1.32. The van der Waals surface area contributed by atoms with Crippen molar-refractivity contribution in [2.24, 2.45) is 0 Å². The molecule has 0 bridgehead atoms. The van der Waals surface area contributed by atoms with E-state index in [9.17, 15) is 14.4 Å². The first-order valence-corrected chi connectivity index (χ1v) is 11.2. The molecule has 3 N–H and O–H groups in total. The normalized spacial score (nSPS) is 12.9. The van der Waals surface area contributed by atoms with Crippen LogP contribution >= 0.6 is 0 Å². The minimum absolute atomic E-state index is 0.0548. The van der Waals surface area contributed by atoms with Crippen molar-refractivity contribution in [3.8, 4) is 11.1 Å². The molecule has 1 aliphatic rings. The largest absolute Gasteiger partial charge is 0.478 e. The molecule has 0 spiro atoms. The molecule has 3 aromatic carbocycles. The van der Waals surface area contributed by atoms with Crippen LogP contribution in [-0.2, 0) is 16.1 Å². The Kier molecular flexibility index (Phi) is 6.92. The van der Waals surface area contributed by atoms with E-state index in [2.05, 4.69) is 22.8 Å². The minimum atomic E-state index is -1.01. The maximum absolute atomic E-state index is 12.6. The molecule has 2 amide bonds. The van der Waals surface area contributed by atoms with Crippen molar-refractivity contribution in [2.45, 2.75) is 31.8 Å². The number of carbonyl (C=O) groups excluding carboxylic acids is 2. The Labute approximate surface area is 197 Å². The van der Waals surface area contributed by atoms with Crippen molar-refractivity contribution >= 4 is 18.0 Å². The average molecular weight is 459 g/mol. The molecule has 0 fully saturated rings. The highest BCUT2D eigenvalue weighted by Gasteiger charge is 2.29. The third kappa shape index (κ3) is 4.93. The van der Waals surface area contributed by atoms with Gasteiger partial charge in [-0.2, -0.15) is 0 Å². The van der Waals surface area contributed by atoms with Gasteiger partial charge in [-0.1, -0.05) is 67.6 Å². The zero-order valence-corrected chi connectivity index (χ0v) is 18.8. The van der Waals surface area contributed by atoms with Crippen LogP contribution in [0.15, 0.2) is 72.8 Å². The summed E-state index contributed by atoms with van der Waals surface area (Å²) in [6.45, 7) is 2.20. The van der Waals surface area contributed by atoms with Crippen molar-refractivity contribution in [3.05, 3.63) is 95.1 Å². The van der Waals surface area contributed by atoms with Gasteiger partial charge in [0.2, 0.25) is 5.91 Å². The molecule has 7 nitrogen and oxygen atoms in total. The number of aromatic carboxylic acids is 1. The van der Waals surface area contributed by atoms with E-state index in [1.807, 2.05) is 36.4 Å². The Morgan fingerprint density at radius 2 is 1.50 bits per heavy atom. The van der Waals surface area contributed by atoms with Gasteiger partial charge in [0.15, 0.2) is 0 Å². The number of alkyl carbamates (subject to hydrolysis) is 1. The maximum Gasteiger partial charge on any atom is 0.407 e. The highest BCUT2D eigenvalue weighted by molar-refractivity contribution is 5.88. The number of ether oxygens (including phenoxy) is 1. The summed E-state index contributed by atoms with van der Waals surface area (Å²) >= 11 is 0. The number of hydrogen-bond acceptors (Lipinski definition) is 4. The lowest BCUT2D eigenvalue weighted by molar-refractivity contribution is -0.123. The SMILES string of the molecule is CC[C@H](NC(=O)OCC1c2ccccc2-c2ccccc21)C(=O)NCc1ccc(C(=O)O)cc1. The maximum atomic E-state index is 12.6. The molecule has 0 heterocycles. The van der Waals surface area contributed by atoms with Gasteiger partial charge < -0.3 is 20.5 Å². The van der Waals surface area contributed by atoms with Crippen LogP contribution in [0.2, 0.25) is 0 Å². The molecule has 0 aromatic heterocycles. The van der Waals surface area contributed by atoms with Gasteiger partial charge in [-0.15, -0.1) is 0 Å². The van der Waals surface area contributed by atoms with Gasteiger partial charge in [-0.3, -0.25) is 4.79 Å². The van der Waals surface area contributed by atoms with Crippen LogP contribution in [0.4, 0.5) is 4.79 Å². The number of amides is 2. The quantitative estimate of drug-likeness (QED) is 0.466. The van der Waals surface area contributed by atoms with E-state index in [1.54, 1.807) is 19.1 Å². The molecule has 1 atom stereocenters. The molecular weight excluding hydrogens is 432 g/mol. The highest BCUT2D eigenvalue weighted by Crippen LogP contribution is 2.44. The Bertz CT molecular complexity index is 1160. The zero-order chi connectivity index (χ0) is 24.1. The predicted octanol–water partition coefficient (Wildman–Crippen LogP) is 4.32. The van der Waals surface area contributed by atoms with Crippen molar-refractivity contribution in [1.82, 2.24) is 10.6 Å². The minimum Gasteiger partial charge on any atom is -0.478 e. The monoisotopic (exact) mass is 458 g/mol. The highest BCUT2D eigenvalue weighted by atomic mass is 16.5. The number of nitrogens with one attached hydrogen (secondary N) is 2. The molecule has 0 saturated heterocycles. The number of hydrogen-bond donors (Lipinski definition) is 3. The molecule has 3 aromatic rings. The second kappa shape index (κ2) is 10.2. The molecule has 174 valence electrons. The van der Waals surface area contributed by atoms with E-state index >= 15 is 0 Å². The molecule has 1 aliphatic carbocycles. The van der Waals surface area contributed by atoms with Gasteiger partial charge in [-0.25, -0.2) is 9.59 Å². The van der Waals surface area contributed by atoms with Crippen LogP contribution < -0.4 is 10.6 Å². The molecular formula is C27H26N2O5. The summed E-state index contributed by atoms with van der Waals surface area (Å²) in [7, 11) is 0. The Morgan fingerprint density at radius 3 is 2.06 bits per heavy atom. The Morgan fingerprint density at radius 1 is 0.912 bits per heavy atom. The molecule has 0 radical (unpaired) electrons. The number of carbonyl (C=O) groups is 3. The van der Waals surface area contributed by atoms with E-state index in [-0.39, 0.29) is 30.5 Å². The van der Waals surface area contributed by atoms with Crippen LogP contribution in [0, 0.1) is 0 Å². The molecule has 0 aliphatic heterocycles. The smallest absolute Gasteiger partial charge is 0.407 e. The van der Waals surface area contributed by atoms with Gasteiger partial charge >= 0.3 is 12.1 Å². The number of benzene rings is 3. The van der Waals surface area contributed by atoms with Gasteiger partial charge in [0.1, 0.15) is 12.6 Å². The zero-order valence-electron chi connectivity index (χ0n) is 18.8. The van der Waals surface area contributed by atoms with Crippen molar-refractivity contribution in [3.63, 3.8) is 0 Å².